The Morgan fingerprint density at radius 3 is 2.44 bits per heavy atom. The molecule has 3 heteroatoms. The maximum atomic E-state index is 13.6. The summed E-state index contributed by atoms with van der Waals surface area (Å²) in [4.78, 5) is 1.24. The average Bonchev–Trinajstić information content (AvgIpc) is 2.38. The normalized spacial score (nSPS) is 10.4. The third-order valence-corrected chi connectivity index (χ3v) is 3.51. The van der Waals surface area contributed by atoms with Crippen LogP contribution in [-0.2, 0) is 6.54 Å². The van der Waals surface area contributed by atoms with Crippen molar-refractivity contribution in [2.24, 2.45) is 0 Å². The second-order valence-electron chi connectivity index (χ2n) is 4.18. The van der Waals surface area contributed by atoms with Crippen molar-refractivity contribution in [1.82, 2.24) is 0 Å². The van der Waals surface area contributed by atoms with Crippen LogP contribution in [0.2, 0.25) is 0 Å². The van der Waals surface area contributed by atoms with Gasteiger partial charge in [-0.1, -0.05) is 18.2 Å². The van der Waals surface area contributed by atoms with Crippen molar-refractivity contribution in [2.75, 3.05) is 11.6 Å². The fourth-order valence-electron chi connectivity index (χ4n) is 1.70. The minimum absolute atomic E-state index is 0.198. The van der Waals surface area contributed by atoms with Crippen molar-refractivity contribution in [3.05, 3.63) is 59.4 Å². The van der Waals surface area contributed by atoms with Crippen LogP contribution >= 0.6 is 11.8 Å². The zero-order valence-electron chi connectivity index (χ0n) is 10.5. The maximum absolute atomic E-state index is 13.6. The molecule has 94 valence electrons. The minimum atomic E-state index is -0.198. The smallest absolute Gasteiger partial charge is 0.146 e. The second kappa shape index (κ2) is 5.91. The quantitative estimate of drug-likeness (QED) is 0.815. The molecule has 1 N–H and O–H groups in total. The highest BCUT2D eigenvalue weighted by Crippen LogP contribution is 2.18. The van der Waals surface area contributed by atoms with E-state index in [0.29, 0.717) is 12.2 Å². The van der Waals surface area contributed by atoms with Gasteiger partial charge in [0.1, 0.15) is 5.82 Å². The van der Waals surface area contributed by atoms with Crippen molar-refractivity contribution in [1.29, 1.82) is 0 Å². The van der Waals surface area contributed by atoms with Crippen LogP contribution in [-0.4, -0.2) is 6.26 Å². The van der Waals surface area contributed by atoms with Gasteiger partial charge >= 0.3 is 0 Å². The highest BCUT2D eigenvalue weighted by atomic mass is 32.2. The van der Waals surface area contributed by atoms with Crippen LogP contribution in [0.4, 0.5) is 10.1 Å². The van der Waals surface area contributed by atoms with Crippen LogP contribution in [0.1, 0.15) is 11.1 Å². The van der Waals surface area contributed by atoms with Crippen LogP contribution in [0.3, 0.4) is 0 Å². The Bertz CT molecular complexity index is 523. The summed E-state index contributed by atoms with van der Waals surface area (Å²) in [6, 6.07) is 13.5. The summed E-state index contributed by atoms with van der Waals surface area (Å²) >= 11 is 1.72. The maximum Gasteiger partial charge on any atom is 0.146 e. The molecule has 0 amide bonds. The summed E-state index contributed by atoms with van der Waals surface area (Å²) in [5, 5.41) is 3.11. The molecule has 0 bridgehead atoms. The van der Waals surface area contributed by atoms with E-state index in [4.69, 9.17) is 0 Å². The van der Waals surface area contributed by atoms with Crippen LogP contribution in [0.5, 0.6) is 0 Å². The number of aryl methyl sites for hydroxylation is 1. The van der Waals surface area contributed by atoms with E-state index >= 15 is 0 Å². The molecule has 0 spiro atoms. The predicted octanol–water partition coefficient (Wildman–Crippen LogP) is 4.47. The number of anilines is 1. The molecular formula is C15H16FNS. The van der Waals surface area contributed by atoms with Crippen LogP contribution in [0.15, 0.2) is 47.4 Å². The van der Waals surface area contributed by atoms with Crippen molar-refractivity contribution >= 4 is 17.4 Å². The van der Waals surface area contributed by atoms with E-state index in [9.17, 15) is 4.39 Å². The lowest BCUT2D eigenvalue weighted by molar-refractivity contribution is 0.629. The molecule has 2 aromatic rings. The van der Waals surface area contributed by atoms with E-state index in [1.807, 2.05) is 13.0 Å². The Morgan fingerprint density at radius 2 is 1.83 bits per heavy atom. The second-order valence-corrected chi connectivity index (χ2v) is 5.06. The van der Waals surface area contributed by atoms with E-state index < -0.39 is 0 Å². The zero-order valence-corrected chi connectivity index (χ0v) is 11.4. The van der Waals surface area contributed by atoms with Gasteiger partial charge in [0.15, 0.2) is 0 Å². The lowest BCUT2D eigenvalue weighted by Crippen LogP contribution is -2.01. The number of hydrogen-bond donors (Lipinski definition) is 1. The number of halogens is 1. The molecule has 2 rings (SSSR count). The Labute approximate surface area is 111 Å². The first-order chi connectivity index (χ1) is 8.69. The Kier molecular flexibility index (Phi) is 4.26. The Hall–Kier alpha value is -1.48. The molecule has 1 nitrogen and oxygen atoms in total. The first-order valence-electron chi connectivity index (χ1n) is 5.82. The SMILES string of the molecule is CSc1ccc(CNc2ccc(C)cc2F)cc1. The number of hydrogen-bond acceptors (Lipinski definition) is 2. The fourth-order valence-corrected chi connectivity index (χ4v) is 2.11. The molecule has 0 aliphatic carbocycles. The monoisotopic (exact) mass is 261 g/mol. The Balaban J connectivity index is 2.02. The van der Waals surface area contributed by atoms with E-state index in [1.165, 1.54) is 4.90 Å². The molecule has 0 radical (unpaired) electrons. The summed E-state index contributed by atoms with van der Waals surface area (Å²) in [6.07, 6.45) is 2.05. The van der Waals surface area contributed by atoms with Crippen LogP contribution in [0.25, 0.3) is 0 Å². The molecule has 0 aliphatic rings. The van der Waals surface area contributed by atoms with Crippen molar-refractivity contribution < 1.29 is 4.39 Å². The van der Waals surface area contributed by atoms with Crippen molar-refractivity contribution in [2.45, 2.75) is 18.4 Å². The third-order valence-electron chi connectivity index (χ3n) is 2.77. The van der Waals surface area contributed by atoms with Gasteiger partial charge in [-0.25, -0.2) is 4.39 Å². The van der Waals surface area contributed by atoms with Gasteiger partial charge in [-0.05, 0) is 48.6 Å². The number of nitrogens with one attached hydrogen (secondary N) is 1. The molecule has 18 heavy (non-hydrogen) atoms. The van der Waals surface area contributed by atoms with Gasteiger partial charge in [-0.2, -0.15) is 0 Å². The molecule has 0 saturated heterocycles. The lowest BCUT2D eigenvalue weighted by Gasteiger charge is -2.08. The van der Waals surface area contributed by atoms with E-state index in [1.54, 1.807) is 23.9 Å². The molecule has 2 aromatic carbocycles. The van der Waals surface area contributed by atoms with Crippen LogP contribution < -0.4 is 5.32 Å². The van der Waals surface area contributed by atoms with Crippen molar-refractivity contribution in [3.63, 3.8) is 0 Å². The first-order valence-corrected chi connectivity index (χ1v) is 7.04. The third kappa shape index (κ3) is 3.26. The zero-order chi connectivity index (χ0) is 13.0. The van der Waals surface area contributed by atoms with Gasteiger partial charge < -0.3 is 5.32 Å². The molecule has 0 aromatic heterocycles. The Morgan fingerprint density at radius 1 is 1.11 bits per heavy atom. The number of benzene rings is 2. The molecular weight excluding hydrogens is 245 g/mol. The summed E-state index contributed by atoms with van der Waals surface area (Å²) < 4.78 is 13.6. The van der Waals surface area contributed by atoms with Gasteiger partial charge in [0, 0.05) is 11.4 Å². The van der Waals surface area contributed by atoms with Crippen LogP contribution in [0, 0.1) is 12.7 Å². The highest BCUT2D eigenvalue weighted by molar-refractivity contribution is 7.98. The molecule has 0 heterocycles. The molecule has 0 atom stereocenters. The van der Waals surface area contributed by atoms with E-state index in [0.717, 1.165) is 11.1 Å². The number of rotatable bonds is 4. The highest BCUT2D eigenvalue weighted by Gasteiger charge is 2.01. The summed E-state index contributed by atoms with van der Waals surface area (Å²) in [6.45, 7) is 2.52. The van der Waals surface area contributed by atoms with Gasteiger partial charge in [0.25, 0.3) is 0 Å². The predicted molar refractivity (Wildman–Crippen MR) is 76.7 cm³/mol. The van der Waals surface area contributed by atoms with Crippen molar-refractivity contribution in [3.8, 4) is 0 Å². The molecule has 0 aliphatic heterocycles. The lowest BCUT2D eigenvalue weighted by atomic mass is 10.2. The fraction of sp³-hybridized carbons (Fsp3) is 0.200. The summed E-state index contributed by atoms with van der Waals surface area (Å²) in [5.74, 6) is -0.198. The molecule has 0 saturated carbocycles. The summed E-state index contributed by atoms with van der Waals surface area (Å²) in [7, 11) is 0. The minimum Gasteiger partial charge on any atom is -0.379 e. The van der Waals surface area contributed by atoms with Gasteiger partial charge in [-0.15, -0.1) is 11.8 Å². The topological polar surface area (TPSA) is 12.0 Å². The first kappa shape index (κ1) is 13.0. The average molecular weight is 261 g/mol. The number of thioether (sulfide) groups is 1. The largest absolute Gasteiger partial charge is 0.379 e. The standard InChI is InChI=1S/C15H16FNS/c1-11-3-8-15(14(16)9-11)17-10-12-4-6-13(18-2)7-5-12/h3-9,17H,10H2,1-2H3. The van der Waals surface area contributed by atoms with Gasteiger partial charge in [0.2, 0.25) is 0 Å². The van der Waals surface area contributed by atoms with Gasteiger partial charge in [0.05, 0.1) is 5.69 Å². The van der Waals surface area contributed by atoms with E-state index in [-0.39, 0.29) is 5.82 Å². The molecule has 0 fully saturated rings. The molecule has 0 unspecified atom stereocenters. The van der Waals surface area contributed by atoms with Gasteiger partial charge in [-0.3, -0.25) is 0 Å². The van der Waals surface area contributed by atoms with E-state index in [2.05, 4.69) is 35.8 Å². The summed E-state index contributed by atoms with van der Waals surface area (Å²) in [5.41, 5.74) is 2.63.